The van der Waals surface area contributed by atoms with E-state index in [1.165, 1.54) is 24.3 Å². The summed E-state index contributed by atoms with van der Waals surface area (Å²) in [7, 11) is 3.66. The van der Waals surface area contributed by atoms with E-state index in [2.05, 4.69) is 15.6 Å². The van der Waals surface area contributed by atoms with Gasteiger partial charge in [-0.05, 0) is 51.0 Å². The molecule has 0 aromatic rings. The average Bonchev–Trinajstić information content (AvgIpc) is 2.38. The van der Waals surface area contributed by atoms with Crippen LogP contribution in [0.4, 0.5) is 0 Å². The number of likely N-dealkylation sites (N-methyl/N-ethyl adjacent to an activating group) is 1. The maximum Gasteiger partial charge on any atom is 0.240 e. The monoisotopic (exact) mass is 442 g/mol. The van der Waals surface area contributed by atoms with Crippen LogP contribution in [0, 0.1) is 5.92 Å². The van der Waals surface area contributed by atoms with E-state index in [-0.39, 0.29) is 35.4 Å². The molecule has 1 saturated heterocycles. The second kappa shape index (κ2) is 10.6. The molecule has 2 N–H and O–H groups in total. The summed E-state index contributed by atoms with van der Waals surface area (Å²) in [5.74, 6) is 4.04. The molecule has 1 heterocycles. The van der Waals surface area contributed by atoms with Crippen molar-refractivity contribution in [3.63, 3.8) is 0 Å². The molecule has 0 atom stereocenters. The average molecular weight is 442 g/mol. The Balaban J connectivity index is 0.00000441. The topological polar surface area (TPSA) is 56.7 Å². The number of aliphatic imine (C=N–C) groups is 1. The fourth-order valence-corrected chi connectivity index (χ4v) is 3.52. The number of carbonyl (C=O) groups excluding carboxylic acids is 1. The van der Waals surface area contributed by atoms with Crippen LogP contribution in [-0.4, -0.2) is 61.0 Å². The van der Waals surface area contributed by atoms with E-state index < -0.39 is 0 Å². The van der Waals surface area contributed by atoms with Crippen LogP contribution < -0.4 is 10.6 Å². The lowest BCUT2D eigenvalue weighted by Crippen LogP contribution is -2.49. The normalized spacial score (nSPS) is 16.7. The predicted octanol–water partition coefficient (Wildman–Crippen LogP) is 2.17. The van der Waals surface area contributed by atoms with Gasteiger partial charge in [-0.3, -0.25) is 9.79 Å². The molecule has 7 heteroatoms. The zero-order valence-electron chi connectivity index (χ0n) is 14.4. The second-order valence-corrected chi connectivity index (χ2v) is 7.86. The van der Waals surface area contributed by atoms with Crippen LogP contribution in [0.1, 0.15) is 33.6 Å². The number of amides is 1. The van der Waals surface area contributed by atoms with Gasteiger partial charge in [-0.25, -0.2) is 0 Å². The summed E-state index contributed by atoms with van der Waals surface area (Å²) in [5, 5.41) is 6.36. The number of hydrogen-bond donors (Lipinski definition) is 2. The highest BCUT2D eigenvalue weighted by molar-refractivity contribution is 14.0. The number of halogens is 1. The van der Waals surface area contributed by atoms with Crippen molar-refractivity contribution in [2.75, 3.05) is 38.7 Å². The number of thioether (sulfide) groups is 1. The van der Waals surface area contributed by atoms with Gasteiger partial charge in [-0.2, -0.15) is 11.8 Å². The van der Waals surface area contributed by atoms with E-state index >= 15 is 0 Å². The van der Waals surface area contributed by atoms with Crippen molar-refractivity contribution in [2.45, 2.75) is 39.2 Å². The Morgan fingerprint density at radius 1 is 1.32 bits per heavy atom. The summed E-state index contributed by atoms with van der Waals surface area (Å²) in [6, 6.07) is 0. The molecule has 1 fully saturated rings. The highest BCUT2D eigenvalue weighted by Crippen LogP contribution is 2.21. The molecule has 22 heavy (non-hydrogen) atoms. The van der Waals surface area contributed by atoms with Gasteiger partial charge in [0, 0.05) is 26.2 Å². The molecule has 130 valence electrons. The van der Waals surface area contributed by atoms with Gasteiger partial charge in [0.25, 0.3) is 0 Å². The van der Waals surface area contributed by atoms with E-state index in [0.29, 0.717) is 6.54 Å². The van der Waals surface area contributed by atoms with Crippen LogP contribution in [-0.2, 0) is 4.79 Å². The zero-order chi connectivity index (χ0) is 15.9. The van der Waals surface area contributed by atoms with E-state index in [1.54, 1.807) is 7.05 Å². The molecule has 0 saturated carbocycles. The summed E-state index contributed by atoms with van der Waals surface area (Å²) in [4.78, 5) is 18.1. The first-order chi connectivity index (χ1) is 9.81. The summed E-state index contributed by atoms with van der Waals surface area (Å²) >= 11 is 2.04. The van der Waals surface area contributed by atoms with Crippen LogP contribution in [0.15, 0.2) is 4.99 Å². The Morgan fingerprint density at radius 2 is 1.91 bits per heavy atom. The molecule has 0 aliphatic carbocycles. The summed E-state index contributed by atoms with van der Waals surface area (Å²) in [6.45, 7) is 7.22. The molecule has 1 aliphatic heterocycles. The van der Waals surface area contributed by atoms with Gasteiger partial charge in [0.1, 0.15) is 0 Å². The first-order valence-electron chi connectivity index (χ1n) is 7.62. The SMILES string of the molecule is CN=C(NCC1CCSCC1)N(C)CC(=O)NC(C)(C)C.I. The Morgan fingerprint density at radius 3 is 2.41 bits per heavy atom. The van der Waals surface area contributed by atoms with Crippen LogP contribution in [0.25, 0.3) is 0 Å². The highest BCUT2D eigenvalue weighted by Gasteiger charge is 2.18. The van der Waals surface area contributed by atoms with Crippen molar-refractivity contribution in [3.05, 3.63) is 0 Å². The van der Waals surface area contributed by atoms with Crippen molar-refractivity contribution < 1.29 is 4.79 Å². The molecule has 1 rings (SSSR count). The molecule has 0 aromatic heterocycles. The lowest BCUT2D eigenvalue weighted by Gasteiger charge is -2.27. The van der Waals surface area contributed by atoms with Gasteiger partial charge in [0.2, 0.25) is 5.91 Å². The molecule has 0 bridgehead atoms. The Bertz CT molecular complexity index is 365. The number of carbonyl (C=O) groups is 1. The quantitative estimate of drug-likeness (QED) is 0.398. The van der Waals surface area contributed by atoms with Gasteiger partial charge >= 0.3 is 0 Å². The molecule has 0 unspecified atom stereocenters. The molecule has 0 aromatic carbocycles. The summed E-state index contributed by atoms with van der Waals surface area (Å²) in [6.07, 6.45) is 2.53. The zero-order valence-corrected chi connectivity index (χ0v) is 17.6. The number of guanidine groups is 1. The third-order valence-corrected chi connectivity index (χ3v) is 4.41. The summed E-state index contributed by atoms with van der Waals surface area (Å²) in [5.41, 5.74) is -0.200. The van der Waals surface area contributed by atoms with Gasteiger partial charge in [0.05, 0.1) is 6.54 Å². The minimum Gasteiger partial charge on any atom is -0.356 e. The van der Waals surface area contributed by atoms with Crippen LogP contribution in [0.3, 0.4) is 0 Å². The van der Waals surface area contributed by atoms with Crippen molar-refractivity contribution >= 4 is 47.6 Å². The molecule has 1 aliphatic rings. The van der Waals surface area contributed by atoms with Crippen LogP contribution >= 0.6 is 35.7 Å². The maximum atomic E-state index is 12.0. The third-order valence-electron chi connectivity index (χ3n) is 3.36. The number of nitrogens with one attached hydrogen (secondary N) is 2. The van der Waals surface area contributed by atoms with E-state index in [9.17, 15) is 4.79 Å². The minimum atomic E-state index is -0.200. The maximum absolute atomic E-state index is 12.0. The first kappa shape index (κ1) is 21.8. The molecule has 0 spiro atoms. The lowest BCUT2D eigenvalue weighted by atomic mass is 10.0. The van der Waals surface area contributed by atoms with E-state index in [0.717, 1.165) is 18.4 Å². The first-order valence-corrected chi connectivity index (χ1v) is 8.78. The molecule has 5 nitrogen and oxygen atoms in total. The largest absolute Gasteiger partial charge is 0.356 e. The minimum absolute atomic E-state index is 0. The summed E-state index contributed by atoms with van der Waals surface area (Å²) < 4.78 is 0. The second-order valence-electron chi connectivity index (χ2n) is 6.64. The van der Waals surface area contributed by atoms with Crippen LogP contribution in [0.2, 0.25) is 0 Å². The molecular formula is C15H31IN4OS. The Labute approximate surface area is 156 Å². The number of rotatable bonds is 4. The van der Waals surface area contributed by atoms with Gasteiger partial charge < -0.3 is 15.5 Å². The molecular weight excluding hydrogens is 411 g/mol. The smallest absolute Gasteiger partial charge is 0.240 e. The third kappa shape index (κ3) is 9.07. The highest BCUT2D eigenvalue weighted by atomic mass is 127. The molecule has 0 radical (unpaired) electrons. The predicted molar refractivity (Wildman–Crippen MR) is 107 cm³/mol. The fraction of sp³-hybridized carbons (Fsp3) is 0.867. The van der Waals surface area contributed by atoms with E-state index in [1.807, 2.05) is 44.5 Å². The van der Waals surface area contributed by atoms with Crippen molar-refractivity contribution in [1.82, 2.24) is 15.5 Å². The van der Waals surface area contributed by atoms with E-state index in [4.69, 9.17) is 0 Å². The van der Waals surface area contributed by atoms with Gasteiger partial charge in [-0.1, -0.05) is 0 Å². The van der Waals surface area contributed by atoms with Crippen molar-refractivity contribution in [3.8, 4) is 0 Å². The van der Waals surface area contributed by atoms with Crippen molar-refractivity contribution in [2.24, 2.45) is 10.9 Å². The van der Waals surface area contributed by atoms with Crippen molar-refractivity contribution in [1.29, 1.82) is 0 Å². The van der Waals surface area contributed by atoms with Gasteiger partial charge in [0.15, 0.2) is 5.96 Å². The lowest BCUT2D eigenvalue weighted by molar-refractivity contribution is -0.122. The Hall–Kier alpha value is -0.180. The van der Waals surface area contributed by atoms with Crippen LogP contribution in [0.5, 0.6) is 0 Å². The number of hydrogen-bond acceptors (Lipinski definition) is 3. The number of nitrogens with zero attached hydrogens (tertiary/aromatic N) is 2. The molecule has 1 amide bonds. The van der Waals surface area contributed by atoms with Gasteiger partial charge in [-0.15, -0.1) is 24.0 Å². The standard InChI is InChI=1S/C15H30N4OS.HI/c1-15(2,3)18-13(20)11-19(5)14(16-4)17-10-12-6-8-21-9-7-12;/h12H,6-11H2,1-5H3,(H,16,17)(H,18,20);1H. The Kier molecular flexibility index (Phi) is 10.5. The fourth-order valence-electron chi connectivity index (χ4n) is 2.32.